The topological polar surface area (TPSA) is 54.0 Å². The molecule has 49 heavy (non-hydrogen) atoms. The second-order valence-electron chi connectivity index (χ2n) is 11.9. The van der Waals surface area contributed by atoms with Gasteiger partial charge in [-0.3, -0.25) is 9.97 Å². The number of phenols is 1. The first-order valence-corrected chi connectivity index (χ1v) is 17.5. The summed E-state index contributed by atoms with van der Waals surface area (Å²) in [6.07, 6.45) is 14.1. The Labute approximate surface area is 290 Å². The second-order valence-corrected chi connectivity index (χ2v) is 13.8. The zero-order valence-electron chi connectivity index (χ0n) is 26.6. The van der Waals surface area contributed by atoms with Gasteiger partial charge in [-0.25, -0.2) is 0 Å². The Morgan fingerprint density at radius 2 is 1.33 bits per heavy atom. The lowest BCUT2D eigenvalue weighted by Gasteiger charge is -2.34. The Kier molecular flexibility index (Phi) is 7.69. The number of benzene rings is 1. The molecule has 2 aliphatic rings. The number of halogens is 2. The molecule has 0 spiro atoms. The Morgan fingerprint density at radius 3 is 1.92 bits per heavy atom. The van der Waals surface area contributed by atoms with Gasteiger partial charge in [-0.1, -0.05) is 30.3 Å². The van der Waals surface area contributed by atoms with Crippen LogP contribution in [0.25, 0.3) is 39.8 Å². The number of fused-ring (bicyclic) bond motifs is 2. The summed E-state index contributed by atoms with van der Waals surface area (Å²) >= 11 is 3.06. The van der Waals surface area contributed by atoms with Crippen LogP contribution in [0.1, 0.15) is 45.4 Å². The second kappa shape index (κ2) is 12.2. The molecule has 0 fully saturated rings. The minimum absolute atomic E-state index is 0.106. The molecule has 0 bridgehead atoms. The van der Waals surface area contributed by atoms with Crippen molar-refractivity contribution in [2.24, 2.45) is 0 Å². The third-order valence-electron chi connectivity index (χ3n) is 9.04. The van der Waals surface area contributed by atoms with Crippen LogP contribution in [0.4, 0.5) is 8.63 Å². The molecular weight excluding hydrogens is 653 g/mol. The predicted octanol–water partition coefficient (Wildman–Crippen LogP) is 9.90. The fourth-order valence-corrected chi connectivity index (χ4v) is 8.62. The lowest BCUT2D eigenvalue weighted by atomic mass is 9.83. The number of thiophene rings is 2. The Balaban J connectivity index is 1.51. The maximum absolute atomic E-state index is 18.0. The fraction of sp³-hybridized carbons (Fsp3) is 0.0513. The van der Waals surface area contributed by atoms with E-state index in [9.17, 15) is 5.11 Å². The van der Waals surface area contributed by atoms with E-state index in [0.717, 1.165) is 48.7 Å². The van der Waals surface area contributed by atoms with Gasteiger partial charge in [0.05, 0.1) is 11.1 Å². The number of phenolic OH excluding ortho intramolecular Hbond substituents is 1. The number of rotatable bonds is 7. The molecule has 0 saturated carbocycles. The molecule has 8 rings (SSSR count). The first-order valence-electron chi connectivity index (χ1n) is 15.8. The first-order chi connectivity index (χ1) is 23.8. The van der Waals surface area contributed by atoms with Crippen LogP contribution in [0.3, 0.4) is 0 Å². The summed E-state index contributed by atoms with van der Waals surface area (Å²) < 4.78 is 38.6. The van der Waals surface area contributed by atoms with E-state index in [0.29, 0.717) is 28.4 Å². The van der Waals surface area contributed by atoms with Crippen molar-refractivity contribution in [3.05, 3.63) is 164 Å². The molecule has 0 radical (unpaired) electrons. The highest BCUT2D eigenvalue weighted by atomic mass is 32.1. The summed E-state index contributed by atoms with van der Waals surface area (Å²) in [5.74, 6) is 0.106. The first kappa shape index (κ1) is 30.9. The molecule has 6 aromatic rings. The standard InChI is InChI=1S/C39H29BF2N4OS2/c1-25-35(33-5-3-23-48-33)31(13-7-27-15-19-43-20-16-27)45-38(25)37(29-9-11-30(47)12-10-29)39-26(2)36(34-6-4-24-49-34)32(46(39)40(45,41)42)14-8-28-17-21-44-22-18-28/h3-24,47H,1-2H3/b13-7+,14-8+. The van der Waals surface area contributed by atoms with Crippen molar-refractivity contribution in [3.8, 4) is 16.2 Å². The normalized spacial score (nSPS) is 15.6. The minimum Gasteiger partial charge on any atom is -0.508 e. The molecule has 5 aromatic heterocycles. The summed E-state index contributed by atoms with van der Waals surface area (Å²) in [5.41, 5.74) is 7.96. The lowest BCUT2D eigenvalue weighted by molar-refractivity contribution is -0.361. The van der Waals surface area contributed by atoms with Crippen molar-refractivity contribution in [1.29, 1.82) is 0 Å². The van der Waals surface area contributed by atoms with Crippen molar-refractivity contribution in [2.45, 2.75) is 13.8 Å². The van der Waals surface area contributed by atoms with Crippen molar-refractivity contribution in [2.75, 3.05) is 0 Å². The van der Waals surface area contributed by atoms with E-state index >= 15 is 8.63 Å². The van der Waals surface area contributed by atoms with Gasteiger partial charge in [0.25, 0.3) is 0 Å². The Hall–Kier alpha value is -5.45. The van der Waals surface area contributed by atoms with Crippen LogP contribution < -0.4 is 0 Å². The van der Waals surface area contributed by atoms with Crippen LogP contribution in [0, 0.1) is 6.92 Å². The molecular formula is C39H29BF2N4OS2. The highest BCUT2D eigenvalue weighted by Gasteiger charge is 2.58. The summed E-state index contributed by atoms with van der Waals surface area (Å²) in [6.45, 7) is -0.572. The molecule has 0 unspecified atom stereocenters. The molecule has 5 nitrogen and oxygen atoms in total. The van der Waals surface area contributed by atoms with E-state index in [1.54, 1.807) is 49.1 Å². The molecule has 7 heterocycles. The molecule has 1 aromatic carbocycles. The van der Waals surface area contributed by atoms with Gasteiger partial charge in [-0.05, 0) is 108 Å². The van der Waals surface area contributed by atoms with Crippen LogP contribution in [-0.2, 0) is 0 Å². The number of aromatic hydroxyl groups is 1. The van der Waals surface area contributed by atoms with Crippen molar-refractivity contribution < 1.29 is 18.2 Å². The van der Waals surface area contributed by atoms with Crippen molar-refractivity contribution in [3.63, 3.8) is 0 Å². The maximum Gasteiger partial charge on any atom is 0.737 e. The van der Waals surface area contributed by atoms with Crippen molar-refractivity contribution >= 4 is 64.7 Å². The number of allylic oxidation sites excluding steroid dienone is 3. The van der Waals surface area contributed by atoms with Crippen LogP contribution in [-0.4, -0.2) is 36.7 Å². The zero-order valence-corrected chi connectivity index (χ0v) is 28.2. The molecule has 0 saturated heterocycles. The monoisotopic (exact) mass is 682 g/mol. The predicted molar refractivity (Wildman–Crippen MR) is 199 cm³/mol. The van der Waals surface area contributed by atoms with Crippen LogP contribution in [0.15, 0.2) is 126 Å². The van der Waals surface area contributed by atoms with Gasteiger partial charge in [-0.2, -0.15) is 0 Å². The molecule has 1 N–H and O–H groups in total. The van der Waals surface area contributed by atoms with Crippen molar-refractivity contribution in [1.82, 2.24) is 14.4 Å². The molecule has 0 amide bonds. The average molecular weight is 683 g/mol. The summed E-state index contributed by atoms with van der Waals surface area (Å²) in [6, 6.07) is 22.1. The van der Waals surface area contributed by atoms with Gasteiger partial charge in [0.15, 0.2) is 11.4 Å². The van der Waals surface area contributed by atoms with E-state index in [2.05, 4.69) is 9.97 Å². The van der Waals surface area contributed by atoms with Crippen LogP contribution in [0.2, 0.25) is 0 Å². The molecule has 0 aliphatic carbocycles. The number of aromatic nitrogens is 3. The molecule has 2 aliphatic heterocycles. The summed E-state index contributed by atoms with van der Waals surface area (Å²) in [5, 5.41) is 14.2. The third kappa shape index (κ3) is 5.15. The molecule has 240 valence electrons. The van der Waals surface area contributed by atoms with Gasteiger partial charge in [-0.15, -0.1) is 22.7 Å². The van der Waals surface area contributed by atoms with E-state index in [4.69, 9.17) is 0 Å². The quantitative estimate of drug-likeness (QED) is 0.171. The van der Waals surface area contributed by atoms with E-state index in [1.807, 2.05) is 97.4 Å². The zero-order chi connectivity index (χ0) is 33.7. The number of nitrogens with zero attached hydrogens (tertiary/aromatic N) is 4. The van der Waals surface area contributed by atoms with E-state index in [-0.39, 0.29) is 5.75 Å². The SMILES string of the molecule is CC1=C(c2cccs2)C(/C=C/c2ccncc2)=[N+]2C1=C(c1ccc(O)cc1)c1c(C)c(-c3cccs3)c(/C=C/c3ccncc3)n1[B-]2(F)F. The van der Waals surface area contributed by atoms with Crippen LogP contribution >= 0.6 is 22.7 Å². The van der Waals surface area contributed by atoms with Gasteiger partial charge >= 0.3 is 6.97 Å². The van der Waals surface area contributed by atoms with E-state index in [1.165, 1.54) is 31.6 Å². The minimum atomic E-state index is -4.45. The molecule has 0 atom stereocenters. The number of hydrogen-bond acceptors (Lipinski definition) is 5. The van der Waals surface area contributed by atoms with Gasteiger partial charge < -0.3 is 22.7 Å². The van der Waals surface area contributed by atoms with Gasteiger partial charge in [0.2, 0.25) is 0 Å². The van der Waals surface area contributed by atoms with E-state index < -0.39 is 6.97 Å². The smallest absolute Gasteiger partial charge is 0.508 e. The summed E-state index contributed by atoms with van der Waals surface area (Å²) in [4.78, 5) is 10.1. The maximum atomic E-state index is 18.0. The van der Waals surface area contributed by atoms with Gasteiger partial charge in [0.1, 0.15) is 5.75 Å². The number of pyridine rings is 2. The molecule has 10 heteroatoms. The highest BCUT2D eigenvalue weighted by molar-refractivity contribution is 7.13. The average Bonchev–Trinajstić information content (AvgIpc) is 3.92. The fourth-order valence-electron chi connectivity index (χ4n) is 6.94. The van der Waals surface area contributed by atoms with Crippen LogP contribution in [0.5, 0.6) is 5.75 Å². The summed E-state index contributed by atoms with van der Waals surface area (Å²) in [7, 11) is 0. The Morgan fingerprint density at radius 1 is 0.735 bits per heavy atom. The Bertz CT molecular complexity index is 2350. The lowest BCUT2D eigenvalue weighted by Crippen LogP contribution is -2.51. The third-order valence-corrected chi connectivity index (χ3v) is 10.8. The van der Waals surface area contributed by atoms with Gasteiger partial charge in [0, 0.05) is 63.1 Å². The number of hydrogen-bond donors (Lipinski definition) is 1. The largest absolute Gasteiger partial charge is 0.737 e. The highest BCUT2D eigenvalue weighted by Crippen LogP contribution is 2.51.